The van der Waals surface area contributed by atoms with E-state index in [9.17, 15) is 14.0 Å². The lowest BCUT2D eigenvalue weighted by Gasteiger charge is -2.28. The van der Waals surface area contributed by atoms with Gasteiger partial charge in [0.05, 0.1) is 18.2 Å². The van der Waals surface area contributed by atoms with Crippen molar-refractivity contribution in [2.75, 3.05) is 19.7 Å². The number of piperidine rings is 1. The second kappa shape index (κ2) is 10.3. The monoisotopic (exact) mass is 420 g/mol. The van der Waals surface area contributed by atoms with Crippen molar-refractivity contribution < 1.29 is 18.7 Å². The molecule has 30 heavy (non-hydrogen) atoms. The first kappa shape index (κ1) is 22.7. The van der Waals surface area contributed by atoms with Gasteiger partial charge in [-0.05, 0) is 76.1 Å². The van der Waals surface area contributed by atoms with E-state index in [0.717, 1.165) is 31.5 Å². The summed E-state index contributed by atoms with van der Waals surface area (Å²) in [5, 5.41) is 5.55. The Kier molecular flexibility index (Phi) is 7.80. The maximum Gasteiger partial charge on any atom is 0.243 e. The summed E-state index contributed by atoms with van der Waals surface area (Å²) in [5.41, 5.74) is 7.09. The molecule has 1 aliphatic carbocycles. The first-order valence-corrected chi connectivity index (χ1v) is 10.8. The van der Waals surface area contributed by atoms with Crippen LogP contribution >= 0.6 is 0 Å². The van der Waals surface area contributed by atoms with Crippen LogP contribution in [0.15, 0.2) is 18.2 Å². The summed E-state index contributed by atoms with van der Waals surface area (Å²) < 4.78 is 19.7. The average molecular weight is 421 g/mol. The van der Waals surface area contributed by atoms with E-state index in [1.807, 2.05) is 13.8 Å². The number of halogens is 1. The Balaban J connectivity index is 1.34. The van der Waals surface area contributed by atoms with E-state index in [1.54, 1.807) is 12.1 Å². The van der Waals surface area contributed by atoms with Crippen LogP contribution in [0, 0.1) is 11.7 Å². The second-order valence-corrected chi connectivity index (χ2v) is 8.74. The Morgan fingerprint density at radius 1 is 1.17 bits per heavy atom. The fourth-order valence-electron chi connectivity index (χ4n) is 3.35. The van der Waals surface area contributed by atoms with Crippen LogP contribution in [0.4, 0.5) is 4.39 Å². The number of amides is 2. The van der Waals surface area contributed by atoms with Crippen molar-refractivity contribution in [3.63, 3.8) is 0 Å². The average Bonchev–Trinajstić information content (AvgIpc) is 3.52. The topological polar surface area (TPSA) is 91.5 Å². The molecule has 1 aromatic rings. The summed E-state index contributed by atoms with van der Waals surface area (Å²) in [5.74, 6) is 0.136. The molecular weight excluding hydrogens is 387 g/mol. The zero-order valence-electron chi connectivity index (χ0n) is 17.9. The molecule has 3 rings (SSSR count). The summed E-state index contributed by atoms with van der Waals surface area (Å²) in [4.78, 5) is 22.8. The van der Waals surface area contributed by atoms with Crippen molar-refractivity contribution in [1.82, 2.24) is 21.5 Å². The molecule has 0 spiro atoms. The van der Waals surface area contributed by atoms with Crippen molar-refractivity contribution >= 4 is 11.8 Å². The quantitative estimate of drug-likeness (QED) is 0.235. The van der Waals surface area contributed by atoms with Crippen molar-refractivity contribution in [2.45, 2.75) is 64.0 Å². The van der Waals surface area contributed by atoms with Gasteiger partial charge in [0.25, 0.3) is 0 Å². The standard InChI is InChI=1S/C22H33FN4O3/c1-22(2,16-7-8-17(23)19(13-16)30-14-15-5-6-15)27-25-12-4-3-11-24-18-9-10-20(28)26-21(18)29/h7-8,13,15,18,24-25,27H,3-6,9-12,14H2,1-2H3,(H,26,28,29). The third-order valence-corrected chi connectivity index (χ3v) is 5.58. The Bertz CT molecular complexity index is 752. The molecule has 1 saturated carbocycles. The van der Waals surface area contributed by atoms with Gasteiger partial charge in [0, 0.05) is 13.0 Å². The van der Waals surface area contributed by atoms with E-state index >= 15 is 0 Å². The number of hydrazine groups is 1. The number of hydrogen-bond acceptors (Lipinski definition) is 6. The number of carbonyl (C=O) groups excluding carboxylic acids is 2. The lowest BCUT2D eigenvalue weighted by Crippen LogP contribution is -2.51. The number of hydrogen-bond donors (Lipinski definition) is 4. The lowest BCUT2D eigenvalue weighted by atomic mass is 9.95. The summed E-state index contributed by atoms with van der Waals surface area (Å²) in [6, 6.07) is 4.73. The maximum absolute atomic E-state index is 14.0. The molecule has 2 aliphatic rings. The molecule has 1 saturated heterocycles. The van der Waals surface area contributed by atoms with Gasteiger partial charge in [-0.2, -0.15) is 0 Å². The smallest absolute Gasteiger partial charge is 0.243 e. The Hall–Kier alpha value is -2.03. The molecule has 1 aliphatic heterocycles. The van der Waals surface area contributed by atoms with Gasteiger partial charge in [-0.3, -0.25) is 20.3 Å². The fourth-order valence-corrected chi connectivity index (χ4v) is 3.35. The van der Waals surface area contributed by atoms with Gasteiger partial charge in [0.2, 0.25) is 11.8 Å². The van der Waals surface area contributed by atoms with E-state index in [2.05, 4.69) is 21.5 Å². The molecule has 1 unspecified atom stereocenters. The van der Waals surface area contributed by atoms with Gasteiger partial charge in [-0.25, -0.2) is 9.82 Å². The largest absolute Gasteiger partial charge is 0.490 e. The SMILES string of the molecule is CC(C)(NNCCCCNC1CCC(=O)NC1=O)c1ccc(F)c(OCC2CC2)c1. The summed E-state index contributed by atoms with van der Waals surface area (Å²) in [6.45, 7) is 6.12. The van der Waals surface area contributed by atoms with Gasteiger partial charge < -0.3 is 10.1 Å². The Morgan fingerprint density at radius 2 is 1.93 bits per heavy atom. The van der Waals surface area contributed by atoms with E-state index in [1.165, 1.54) is 18.9 Å². The highest BCUT2D eigenvalue weighted by atomic mass is 19.1. The van der Waals surface area contributed by atoms with Crippen molar-refractivity contribution in [2.24, 2.45) is 5.92 Å². The number of nitrogens with one attached hydrogen (secondary N) is 4. The molecule has 166 valence electrons. The Morgan fingerprint density at radius 3 is 2.67 bits per heavy atom. The molecule has 1 aromatic carbocycles. The molecule has 7 nitrogen and oxygen atoms in total. The van der Waals surface area contributed by atoms with E-state index < -0.39 is 5.54 Å². The molecule has 1 heterocycles. The third-order valence-electron chi connectivity index (χ3n) is 5.58. The van der Waals surface area contributed by atoms with E-state index in [4.69, 9.17) is 4.74 Å². The third kappa shape index (κ3) is 6.75. The van der Waals surface area contributed by atoms with Crippen molar-refractivity contribution in [3.8, 4) is 5.75 Å². The predicted molar refractivity (Wildman–Crippen MR) is 112 cm³/mol. The maximum atomic E-state index is 14.0. The highest BCUT2D eigenvalue weighted by Crippen LogP contribution is 2.31. The van der Waals surface area contributed by atoms with Crippen LogP contribution in [-0.4, -0.2) is 37.6 Å². The van der Waals surface area contributed by atoms with Crippen molar-refractivity contribution in [3.05, 3.63) is 29.6 Å². The molecule has 2 fully saturated rings. The number of imide groups is 1. The van der Waals surface area contributed by atoms with Crippen LogP contribution < -0.4 is 26.2 Å². The van der Waals surface area contributed by atoms with Gasteiger partial charge >= 0.3 is 0 Å². The highest BCUT2D eigenvalue weighted by Gasteiger charge is 2.26. The fraction of sp³-hybridized carbons (Fsp3) is 0.636. The van der Waals surface area contributed by atoms with Gasteiger partial charge in [-0.15, -0.1) is 0 Å². The molecule has 4 N–H and O–H groups in total. The van der Waals surface area contributed by atoms with Crippen LogP contribution in [0.2, 0.25) is 0 Å². The van der Waals surface area contributed by atoms with Crippen LogP contribution in [0.25, 0.3) is 0 Å². The number of ether oxygens (including phenoxy) is 1. The van der Waals surface area contributed by atoms with Crippen molar-refractivity contribution in [1.29, 1.82) is 0 Å². The van der Waals surface area contributed by atoms with Gasteiger partial charge in [0.1, 0.15) is 0 Å². The van der Waals surface area contributed by atoms with Crippen LogP contribution in [-0.2, 0) is 15.1 Å². The van der Waals surface area contributed by atoms with Crippen LogP contribution in [0.1, 0.15) is 57.9 Å². The zero-order valence-corrected chi connectivity index (χ0v) is 17.9. The number of benzene rings is 1. The van der Waals surface area contributed by atoms with Gasteiger partial charge in [-0.1, -0.05) is 6.07 Å². The second-order valence-electron chi connectivity index (χ2n) is 8.74. The molecule has 1 atom stereocenters. The van der Waals surface area contributed by atoms with E-state index in [-0.39, 0.29) is 23.7 Å². The minimum absolute atomic E-state index is 0.196. The first-order chi connectivity index (χ1) is 14.3. The molecule has 0 bridgehead atoms. The van der Waals surface area contributed by atoms with Gasteiger partial charge in [0.15, 0.2) is 11.6 Å². The molecule has 2 amide bonds. The minimum atomic E-state index is -0.392. The number of carbonyl (C=O) groups is 2. The molecular formula is C22H33FN4O3. The molecule has 8 heteroatoms. The zero-order chi connectivity index (χ0) is 21.6. The summed E-state index contributed by atoms with van der Waals surface area (Å²) in [6.07, 6.45) is 5.11. The van der Waals surface area contributed by atoms with Crippen LogP contribution in [0.3, 0.4) is 0 Å². The lowest BCUT2D eigenvalue weighted by molar-refractivity contribution is -0.134. The Labute approximate surface area is 177 Å². The van der Waals surface area contributed by atoms with E-state index in [0.29, 0.717) is 31.1 Å². The molecule has 0 aromatic heterocycles. The normalized spacial score (nSPS) is 19.6. The number of unbranched alkanes of at least 4 members (excludes halogenated alkanes) is 1. The molecule has 0 radical (unpaired) electrons. The highest BCUT2D eigenvalue weighted by molar-refractivity contribution is 6.00. The first-order valence-electron chi connectivity index (χ1n) is 10.8. The van der Waals surface area contributed by atoms with Crippen LogP contribution in [0.5, 0.6) is 5.75 Å². The predicted octanol–water partition coefficient (Wildman–Crippen LogP) is 2.12. The summed E-state index contributed by atoms with van der Waals surface area (Å²) >= 11 is 0. The summed E-state index contributed by atoms with van der Waals surface area (Å²) in [7, 11) is 0. The number of rotatable bonds is 12. The minimum Gasteiger partial charge on any atom is -0.490 e.